The van der Waals surface area contributed by atoms with E-state index >= 15 is 0 Å². The highest BCUT2D eigenvalue weighted by molar-refractivity contribution is 5.85. The van der Waals surface area contributed by atoms with E-state index in [1.54, 1.807) is 0 Å². The summed E-state index contributed by atoms with van der Waals surface area (Å²) < 4.78 is 0. The lowest BCUT2D eigenvalue weighted by atomic mass is 9.92. The third-order valence-electron chi connectivity index (χ3n) is 4.95. The molecule has 1 aliphatic rings. The van der Waals surface area contributed by atoms with Gasteiger partial charge in [0.05, 0.1) is 0 Å². The Balaban J connectivity index is 0.00000208. The first-order chi connectivity index (χ1) is 11.3. The predicted molar refractivity (Wildman–Crippen MR) is 104 cm³/mol. The van der Waals surface area contributed by atoms with Gasteiger partial charge in [-0.25, -0.2) is 0 Å². The van der Waals surface area contributed by atoms with Gasteiger partial charge in [0.15, 0.2) is 0 Å². The summed E-state index contributed by atoms with van der Waals surface area (Å²) in [6, 6.07) is 15.1. The summed E-state index contributed by atoms with van der Waals surface area (Å²) >= 11 is 0. The molecule has 3 heteroatoms. The number of halogens is 1. The Labute approximate surface area is 151 Å². The number of aromatic hydroxyl groups is 1. The van der Waals surface area contributed by atoms with Crippen LogP contribution in [-0.2, 0) is 12.8 Å². The molecule has 0 amide bonds. The van der Waals surface area contributed by atoms with Crippen LogP contribution in [0.5, 0.6) is 5.75 Å². The van der Waals surface area contributed by atoms with Crippen LogP contribution < -0.4 is 5.32 Å². The molecule has 0 radical (unpaired) electrons. The highest BCUT2D eigenvalue weighted by atomic mass is 35.5. The average molecular weight is 346 g/mol. The van der Waals surface area contributed by atoms with Crippen molar-refractivity contribution in [1.82, 2.24) is 5.32 Å². The minimum absolute atomic E-state index is 0. The number of benzene rings is 2. The molecule has 24 heavy (non-hydrogen) atoms. The number of nitrogens with one attached hydrogen (secondary N) is 1. The minimum Gasteiger partial charge on any atom is -0.507 e. The van der Waals surface area contributed by atoms with Crippen LogP contribution in [0.4, 0.5) is 0 Å². The fourth-order valence-electron chi connectivity index (χ4n) is 3.52. The molecule has 1 unspecified atom stereocenters. The molecule has 0 spiro atoms. The van der Waals surface area contributed by atoms with Crippen molar-refractivity contribution >= 4 is 12.4 Å². The van der Waals surface area contributed by atoms with E-state index in [0.717, 1.165) is 24.9 Å². The second-order valence-corrected chi connectivity index (χ2v) is 6.55. The van der Waals surface area contributed by atoms with Gasteiger partial charge in [-0.3, -0.25) is 0 Å². The summed E-state index contributed by atoms with van der Waals surface area (Å²) in [7, 11) is 0. The number of phenols is 1. The smallest absolute Gasteiger partial charge is 0.123 e. The Morgan fingerprint density at radius 3 is 2.67 bits per heavy atom. The molecule has 1 aliphatic heterocycles. The van der Waals surface area contributed by atoms with E-state index in [-0.39, 0.29) is 12.4 Å². The van der Waals surface area contributed by atoms with E-state index in [0.29, 0.717) is 11.8 Å². The van der Waals surface area contributed by atoms with Crippen LogP contribution in [-0.4, -0.2) is 17.7 Å². The van der Waals surface area contributed by atoms with Crippen LogP contribution in [0.3, 0.4) is 0 Å². The summed E-state index contributed by atoms with van der Waals surface area (Å²) in [6.45, 7) is 3.31. The van der Waals surface area contributed by atoms with Crippen molar-refractivity contribution in [3.05, 3.63) is 53.6 Å². The highest BCUT2D eigenvalue weighted by Crippen LogP contribution is 2.33. The van der Waals surface area contributed by atoms with Gasteiger partial charge in [-0.05, 0) is 67.5 Å². The van der Waals surface area contributed by atoms with Crippen LogP contribution >= 0.6 is 12.4 Å². The van der Waals surface area contributed by atoms with Gasteiger partial charge >= 0.3 is 0 Å². The highest BCUT2D eigenvalue weighted by Gasteiger charge is 2.14. The summed E-state index contributed by atoms with van der Waals surface area (Å²) in [5.41, 5.74) is 4.75. The van der Waals surface area contributed by atoms with Crippen molar-refractivity contribution in [2.24, 2.45) is 0 Å². The Kier molecular flexibility index (Phi) is 7.14. The third-order valence-corrected chi connectivity index (χ3v) is 4.95. The Bertz CT molecular complexity index is 650. The molecule has 3 rings (SSSR count). The lowest BCUT2D eigenvalue weighted by Gasteiger charge is -2.23. The van der Waals surface area contributed by atoms with E-state index < -0.39 is 0 Å². The molecule has 130 valence electrons. The molecule has 1 saturated heterocycles. The molecular weight excluding hydrogens is 318 g/mol. The summed E-state index contributed by atoms with van der Waals surface area (Å²) in [4.78, 5) is 0. The van der Waals surface area contributed by atoms with Crippen molar-refractivity contribution in [1.29, 1.82) is 0 Å². The summed E-state index contributed by atoms with van der Waals surface area (Å²) in [5.74, 6) is 0.380. The molecule has 0 saturated carbocycles. The molecule has 0 aliphatic carbocycles. The molecule has 0 aromatic heterocycles. The van der Waals surface area contributed by atoms with E-state index in [1.165, 1.54) is 42.4 Å². The predicted octanol–water partition coefficient (Wildman–Crippen LogP) is 5.12. The molecule has 0 bridgehead atoms. The zero-order valence-electron chi connectivity index (χ0n) is 14.4. The molecular formula is C21H28ClNO. The van der Waals surface area contributed by atoms with Crippen molar-refractivity contribution in [2.45, 2.75) is 51.5 Å². The summed E-state index contributed by atoms with van der Waals surface area (Å²) in [6.07, 6.45) is 7.17. The molecule has 1 heterocycles. The van der Waals surface area contributed by atoms with Crippen molar-refractivity contribution < 1.29 is 5.11 Å². The maximum atomic E-state index is 10.3. The normalized spacial score (nSPS) is 17.3. The minimum atomic E-state index is 0. The first-order valence-electron chi connectivity index (χ1n) is 8.91. The Morgan fingerprint density at radius 1 is 1.08 bits per heavy atom. The average Bonchev–Trinajstić information content (AvgIpc) is 2.62. The molecule has 2 N–H and O–H groups in total. The third kappa shape index (κ3) is 4.52. The maximum Gasteiger partial charge on any atom is 0.123 e. The fourth-order valence-corrected chi connectivity index (χ4v) is 3.52. The number of aryl methyl sites for hydroxylation is 2. The fraction of sp³-hybridized carbons (Fsp3) is 0.429. The van der Waals surface area contributed by atoms with Gasteiger partial charge < -0.3 is 10.4 Å². The van der Waals surface area contributed by atoms with Gasteiger partial charge in [-0.2, -0.15) is 0 Å². The molecule has 2 aromatic carbocycles. The molecule has 1 fully saturated rings. The quantitative estimate of drug-likeness (QED) is 0.788. The van der Waals surface area contributed by atoms with Gasteiger partial charge in [0.1, 0.15) is 5.75 Å². The maximum absolute atomic E-state index is 10.3. The van der Waals surface area contributed by atoms with E-state index in [2.05, 4.69) is 42.6 Å². The first kappa shape index (κ1) is 18.8. The van der Waals surface area contributed by atoms with Crippen LogP contribution in [0.15, 0.2) is 42.5 Å². The summed E-state index contributed by atoms with van der Waals surface area (Å²) in [5, 5.41) is 13.9. The molecule has 1 atom stereocenters. The monoisotopic (exact) mass is 345 g/mol. The number of phenolic OH excluding ortho intramolecular Hbond substituents is 1. The topological polar surface area (TPSA) is 32.3 Å². The van der Waals surface area contributed by atoms with Crippen LogP contribution in [0.25, 0.3) is 11.1 Å². The van der Waals surface area contributed by atoms with E-state index in [9.17, 15) is 5.11 Å². The van der Waals surface area contributed by atoms with Crippen LogP contribution in [0.1, 0.15) is 43.7 Å². The van der Waals surface area contributed by atoms with Gasteiger partial charge in [0, 0.05) is 11.6 Å². The SMILES string of the molecule is CCc1ccc(O)c(-c2ccccc2CCC2CCCCN2)c1.Cl. The molecule has 2 aromatic rings. The van der Waals surface area contributed by atoms with Crippen molar-refractivity contribution in [3.8, 4) is 16.9 Å². The number of hydrogen-bond donors (Lipinski definition) is 2. The van der Waals surface area contributed by atoms with Gasteiger partial charge in [-0.15, -0.1) is 12.4 Å². The molecule has 2 nitrogen and oxygen atoms in total. The van der Waals surface area contributed by atoms with Crippen molar-refractivity contribution in [2.75, 3.05) is 6.54 Å². The number of rotatable bonds is 5. The number of piperidine rings is 1. The lowest BCUT2D eigenvalue weighted by molar-refractivity contribution is 0.383. The zero-order valence-corrected chi connectivity index (χ0v) is 15.2. The van der Waals surface area contributed by atoms with Gasteiger partial charge in [0.2, 0.25) is 0 Å². The second kappa shape index (κ2) is 9.10. The lowest BCUT2D eigenvalue weighted by Crippen LogP contribution is -2.34. The van der Waals surface area contributed by atoms with Crippen LogP contribution in [0, 0.1) is 0 Å². The van der Waals surface area contributed by atoms with Gasteiger partial charge in [-0.1, -0.05) is 43.7 Å². The Hall–Kier alpha value is -1.51. The Morgan fingerprint density at radius 2 is 1.92 bits per heavy atom. The number of hydrogen-bond acceptors (Lipinski definition) is 2. The first-order valence-corrected chi connectivity index (χ1v) is 8.91. The van der Waals surface area contributed by atoms with Crippen LogP contribution in [0.2, 0.25) is 0 Å². The standard InChI is InChI=1S/C21H27NO.ClH/c1-2-16-10-13-21(23)20(15-16)19-9-4-3-7-17(19)11-12-18-8-5-6-14-22-18;/h3-4,7,9-10,13,15,18,22-23H,2,5-6,8,11-12,14H2,1H3;1H. The van der Waals surface area contributed by atoms with E-state index in [1.807, 2.05) is 12.1 Å². The van der Waals surface area contributed by atoms with E-state index in [4.69, 9.17) is 0 Å². The zero-order chi connectivity index (χ0) is 16.1. The van der Waals surface area contributed by atoms with Crippen molar-refractivity contribution in [3.63, 3.8) is 0 Å². The second-order valence-electron chi connectivity index (χ2n) is 6.55. The van der Waals surface area contributed by atoms with Gasteiger partial charge in [0.25, 0.3) is 0 Å². The largest absolute Gasteiger partial charge is 0.507 e.